The van der Waals surface area contributed by atoms with Gasteiger partial charge in [-0.05, 0) is 18.2 Å². The fourth-order valence-electron chi connectivity index (χ4n) is 2.17. The summed E-state index contributed by atoms with van der Waals surface area (Å²) < 4.78 is 28.6. The molecule has 0 aliphatic heterocycles. The summed E-state index contributed by atoms with van der Waals surface area (Å²) >= 11 is 0. The third-order valence-corrected chi connectivity index (χ3v) is 3.43. The topological polar surface area (TPSA) is 84.7 Å². The Kier molecular flexibility index (Phi) is 4.64. The molecule has 128 valence electrons. The molecule has 2 aromatic heterocycles. The number of nitrogens with one attached hydrogen (secondary N) is 2. The molecule has 1 aromatic carbocycles. The number of hydrogen-bond donors (Lipinski definition) is 2. The SMILES string of the molecule is Cn1nc(-c2cnccn2)cc1CNC(=O)Nc1c(F)cccc1F. The van der Waals surface area contributed by atoms with Crippen molar-refractivity contribution < 1.29 is 13.6 Å². The van der Waals surface area contributed by atoms with Crippen LogP contribution < -0.4 is 10.6 Å². The second-order valence-corrected chi connectivity index (χ2v) is 5.14. The zero-order chi connectivity index (χ0) is 17.8. The zero-order valence-electron chi connectivity index (χ0n) is 13.2. The minimum absolute atomic E-state index is 0.117. The third-order valence-electron chi connectivity index (χ3n) is 3.43. The standard InChI is InChI=1S/C16H14F2N6O/c1-24-10(7-13(23-24)14-9-19-5-6-20-14)8-21-16(25)22-15-11(17)3-2-4-12(15)18/h2-7,9H,8H2,1H3,(H2,21,22,25). The first-order chi connectivity index (χ1) is 12.0. The number of amides is 2. The van der Waals surface area contributed by atoms with E-state index in [0.717, 1.165) is 12.1 Å². The highest BCUT2D eigenvalue weighted by Gasteiger charge is 2.13. The number of para-hydroxylation sites is 1. The van der Waals surface area contributed by atoms with Gasteiger partial charge in [0.25, 0.3) is 0 Å². The van der Waals surface area contributed by atoms with Gasteiger partial charge in [0.2, 0.25) is 0 Å². The number of nitrogens with zero attached hydrogens (tertiary/aromatic N) is 4. The lowest BCUT2D eigenvalue weighted by atomic mass is 10.3. The normalized spacial score (nSPS) is 10.5. The molecule has 3 aromatic rings. The van der Waals surface area contributed by atoms with Crippen LogP contribution in [0.25, 0.3) is 11.4 Å². The lowest BCUT2D eigenvalue weighted by molar-refractivity contribution is 0.251. The summed E-state index contributed by atoms with van der Waals surface area (Å²) in [6, 6.07) is 4.36. The molecular weight excluding hydrogens is 330 g/mol. The number of urea groups is 1. The molecular formula is C16H14F2N6O. The number of carbonyl (C=O) groups excluding carboxylic acids is 1. The zero-order valence-corrected chi connectivity index (χ0v) is 13.2. The smallest absolute Gasteiger partial charge is 0.319 e. The largest absolute Gasteiger partial charge is 0.332 e. The highest BCUT2D eigenvalue weighted by Crippen LogP contribution is 2.18. The molecule has 0 unspecified atom stereocenters. The van der Waals surface area contributed by atoms with E-state index < -0.39 is 23.4 Å². The number of carbonyl (C=O) groups is 1. The van der Waals surface area contributed by atoms with Crippen LogP contribution in [-0.2, 0) is 13.6 Å². The molecule has 25 heavy (non-hydrogen) atoms. The number of halogens is 2. The molecule has 0 bridgehead atoms. The van der Waals surface area contributed by atoms with Gasteiger partial charge < -0.3 is 10.6 Å². The molecule has 9 heteroatoms. The van der Waals surface area contributed by atoms with Crippen molar-refractivity contribution in [3.8, 4) is 11.4 Å². The van der Waals surface area contributed by atoms with Crippen LogP contribution in [-0.4, -0.2) is 25.8 Å². The van der Waals surface area contributed by atoms with Crippen LogP contribution in [0.5, 0.6) is 0 Å². The first-order valence-electron chi connectivity index (χ1n) is 7.33. The minimum atomic E-state index is -0.847. The van der Waals surface area contributed by atoms with Crippen LogP contribution in [0.2, 0.25) is 0 Å². The van der Waals surface area contributed by atoms with Crippen molar-refractivity contribution in [2.45, 2.75) is 6.54 Å². The molecule has 0 fully saturated rings. The Bertz CT molecular complexity index is 877. The van der Waals surface area contributed by atoms with Crippen molar-refractivity contribution in [2.75, 3.05) is 5.32 Å². The lowest BCUT2D eigenvalue weighted by Crippen LogP contribution is -2.29. The maximum absolute atomic E-state index is 13.5. The van der Waals surface area contributed by atoms with E-state index in [-0.39, 0.29) is 6.54 Å². The second kappa shape index (κ2) is 7.04. The van der Waals surface area contributed by atoms with Gasteiger partial charge in [0.05, 0.1) is 18.4 Å². The monoisotopic (exact) mass is 344 g/mol. The summed E-state index contributed by atoms with van der Waals surface area (Å²) in [5.41, 5.74) is 1.39. The van der Waals surface area contributed by atoms with Gasteiger partial charge >= 0.3 is 6.03 Å². The Morgan fingerprint density at radius 2 is 1.96 bits per heavy atom. The Balaban J connectivity index is 1.66. The highest BCUT2D eigenvalue weighted by molar-refractivity contribution is 5.89. The molecule has 2 N–H and O–H groups in total. The quantitative estimate of drug-likeness (QED) is 0.761. The van der Waals surface area contributed by atoms with Crippen molar-refractivity contribution >= 4 is 11.7 Å². The molecule has 7 nitrogen and oxygen atoms in total. The van der Waals surface area contributed by atoms with Crippen molar-refractivity contribution in [3.05, 3.63) is 60.2 Å². The van der Waals surface area contributed by atoms with Crippen LogP contribution in [0.3, 0.4) is 0 Å². The van der Waals surface area contributed by atoms with E-state index in [1.165, 1.54) is 6.07 Å². The van der Waals surface area contributed by atoms with E-state index in [4.69, 9.17) is 0 Å². The summed E-state index contributed by atoms with van der Waals surface area (Å²) in [4.78, 5) is 20.0. The first-order valence-corrected chi connectivity index (χ1v) is 7.33. The van der Waals surface area contributed by atoms with Crippen molar-refractivity contribution in [1.29, 1.82) is 0 Å². The van der Waals surface area contributed by atoms with Crippen LogP contribution in [0.15, 0.2) is 42.9 Å². The van der Waals surface area contributed by atoms with E-state index >= 15 is 0 Å². The number of aryl methyl sites for hydroxylation is 1. The van der Waals surface area contributed by atoms with Crippen LogP contribution >= 0.6 is 0 Å². The Morgan fingerprint density at radius 1 is 1.20 bits per heavy atom. The highest BCUT2D eigenvalue weighted by atomic mass is 19.1. The molecule has 2 amide bonds. The maximum atomic E-state index is 13.5. The fraction of sp³-hybridized carbons (Fsp3) is 0.125. The fourth-order valence-corrected chi connectivity index (χ4v) is 2.17. The van der Waals surface area contributed by atoms with E-state index in [0.29, 0.717) is 17.1 Å². The maximum Gasteiger partial charge on any atom is 0.319 e. The number of rotatable bonds is 4. The molecule has 0 saturated heterocycles. The van der Waals surface area contributed by atoms with Crippen LogP contribution in [0, 0.1) is 11.6 Å². The van der Waals surface area contributed by atoms with Crippen LogP contribution in [0.4, 0.5) is 19.3 Å². The van der Waals surface area contributed by atoms with Gasteiger partial charge in [-0.25, -0.2) is 13.6 Å². The Hall–Kier alpha value is -3.36. The minimum Gasteiger partial charge on any atom is -0.332 e. The molecule has 0 spiro atoms. The molecule has 0 saturated carbocycles. The third kappa shape index (κ3) is 3.77. The first kappa shape index (κ1) is 16.5. The van der Waals surface area contributed by atoms with Crippen molar-refractivity contribution in [2.24, 2.45) is 7.05 Å². The summed E-state index contributed by atoms with van der Waals surface area (Å²) in [5, 5.41) is 8.98. The van der Waals surface area contributed by atoms with E-state index in [9.17, 15) is 13.6 Å². The Labute approximate surface area is 141 Å². The van der Waals surface area contributed by atoms with Gasteiger partial charge in [0.15, 0.2) is 0 Å². The molecule has 0 aliphatic rings. The average Bonchev–Trinajstić information content (AvgIpc) is 2.98. The summed E-state index contributed by atoms with van der Waals surface area (Å²) in [6.45, 7) is 0.117. The average molecular weight is 344 g/mol. The summed E-state index contributed by atoms with van der Waals surface area (Å²) in [5.74, 6) is -1.69. The Morgan fingerprint density at radius 3 is 2.64 bits per heavy atom. The van der Waals surface area contributed by atoms with Gasteiger partial charge in [-0.2, -0.15) is 5.10 Å². The number of anilines is 1. The summed E-state index contributed by atoms with van der Waals surface area (Å²) in [6.07, 6.45) is 4.69. The molecule has 3 rings (SSSR count). The number of benzene rings is 1. The van der Waals surface area contributed by atoms with E-state index in [1.54, 1.807) is 36.4 Å². The second-order valence-electron chi connectivity index (χ2n) is 5.14. The predicted octanol–water partition coefficient (Wildman–Crippen LogP) is 2.48. The predicted molar refractivity (Wildman–Crippen MR) is 86.5 cm³/mol. The molecule has 0 aliphatic carbocycles. The van der Waals surface area contributed by atoms with Gasteiger partial charge in [0.1, 0.15) is 28.7 Å². The molecule has 0 radical (unpaired) electrons. The van der Waals surface area contributed by atoms with Gasteiger partial charge in [-0.1, -0.05) is 6.07 Å². The summed E-state index contributed by atoms with van der Waals surface area (Å²) in [7, 11) is 1.71. The van der Waals surface area contributed by atoms with Crippen molar-refractivity contribution in [1.82, 2.24) is 25.1 Å². The van der Waals surface area contributed by atoms with Crippen molar-refractivity contribution in [3.63, 3.8) is 0 Å². The molecule has 0 atom stereocenters. The van der Waals surface area contributed by atoms with Gasteiger partial charge in [0, 0.05) is 19.4 Å². The molecule has 2 heterocycles. The number of hydrogen-bond acceptors (Lipinski definition) is 4. The van der Waals surface area contributed by atoms with E-state index in [2.05, 4.69) is 25.7 Å². The van der Waals surface area contributed by atoms with Gasteiger partial charge in [-0.3, -0.25) is 14.6 Å². The number of aromatic nitrogens is 4. The van der Waals surface area contributed by atoms with E-state index in [1.807, 2.05) is 0 Å². The van der Waals surface area contributed by atoms with Crippen LogP contribution in [0.1, 0.15) is 5.69 Å². The van der Waals surface area contributed by atoms with Gasteiger partial charge in [-0.15, -0.1) is 0 Å². The lowest BCUT2D eigenvalue weighted by Gasteiger charge is -2.09.